The highest BCUT2D eigenvalue weighted by Crippen LogP contribution is 2.38. The van der Waals surface area contributed by atoms with Crippen molar-refractivity contribution in [1.29, 1.82) is 0 Å². The van der Waals surface area contributed by atoms with Crippen molar-refractivity contribution < 1.29 is 32.9 Å². The molecule has 2 rings (SSSR count). The minimum Gasteiger partial charge on any atom is -0.490 e. The van der Waals surface area contributed by atoms with Crippen molar-refractivity contribution in [3.05, 3.63) is 23.8 Å². The van der Waals surface area contributed by atoms with Gasteiger partial charge < -0.3 is 25.6 Å². The van der Waals surface area contributed by atoms with Crippen LogP contribution in [0.25, 0.3) is 0 Å². The van der Waals surface area contributed by atoms with Gasteiger partial charge in [0.2, 0.25) is 0 Å². The van der Waals surface area contributed by atoms with Gasteiger partial charge in [0.05, 0.1) is 29.9 Å². The number of rotatable bonds is 4. The Morgan fingerprint density at radius 3 is 2.48 bits per heavy atom. The summed E-state index contributed by atoms with van der Waals surface area (Å²) in [5.74, 6) is -0.317. The first-order valence-corrected chi connectivity index (χ1v) is 7.88. The molecule has 0 radical (unpaired) electrons. The van der Waals surface area contributed by atoms with Gasteiger partial charge >= 0.3 is 12.2 Å². The Labute approximate surface area is 143 Å². The van der Waals surface area contributed by atoms with Crippen molar-refractivity contribution in [2.45, 2.75) is 57.2 Å². The fraction of sp³-hybridized carbons (Fsp3) is 0.562. The zero-order chi connectivity index (χ0) is 18.8. The first-order valence-electron chi connectivity index (χ1n) is 7.88. The topological polar surface area (TPSA) is 90.8 Å². The molecule has 0 saturated heterocycles. The van der Waals surface area contributed by atoms with Gasteiger partial charge in [-0.05, 0) is 38.5 Å². The number of halogens is 3. The number of nitrogens with one attached hydrogen (secondary N) is 2. The number of hydrogen-bond donors (Lipinski definition) is 4. The number of carbonyl (C=O) groups excluding carboxylic acids is 1. The van der Waals surface area contributed by atoms with Crippen molar-refractivity contribution in [3.63, 3.8) is 0 Å². The normalized spacial score (nSPS) is 23.6. The van der Waals surface area contributed by atoms with Gasteiger partial charge in [0.25, 0.3) is 0 Å². The van der Waals surface area contributed by atoms with Gasteiger partial charge in [-0.15, -0.1) is 0 Å². The van der Waals surface area contributed by atoms with E-state index in [1.165, 1.54) is 6.07 Å². The SMILES string of the molecule is CC(C)Oc1ccc(NC(=O)N[C@@H]2C[C@H](O)C[C@H]2O)cc1C(F)(F)F. The average molecular weight is 362 g/mol. The molecule has 1 fully saturated rings. The molecule has 0 aliphatic heterocycles. The standard InChI is InChI=1S/C16H21F3N2O4/c1-8(2)25-14-4-3-9(5-11(14)16(17,18)19)20-15(24)21-12-6-10(22)7-13(12)23/h3-5,8,10,12-13,22-23H,6-7H2,1-2H3,(H2,20,21,24)/t10-,12+,13+/m0/s1. The summed E-state index contributed by atoms with van der Waals surface area (Å²) in [5, 5.41) is 23.8. The van der Waals surface area contributed by atoms with Crippen molar-refractivity contribution in [3.8, 4) is 5.75 Å². The highest BCUT2D eigenvalue weighted by atomic mass is 19.4. The maximum absolute atomic E-state index is 13.2. The summed E-state index contributed by atoms with van der Waals surface area (Å²) in [7, 11) is 0. The fourth-order valence-electron chi connectivity index (χ4n) is 2.67. The Hall–Kier alpha value is -2.00. The van der Waals surface area contributed by atoms with E-state index in [1.807, 2.05) is 0 Å². The smallest absolute Gasteiger partial charge is 0.420 e. The molecule has 1 aromatic carbocycles. The summed E-state index contributed by atoms with van der Waals surface area (Å²) in [4.78, 5) is 11.9. The first kappa shape index (κ1) is 19.3. The lowest BCUT2D eigenvalue weighted by Gasteiger charge is -2.19. The summed E-state index contributed by atoms with van der Waals surface area (Å²) < 4.78 is 44.7. The van der Waals surface area contributed by atoms with Crippen LogP contribution in [-0.2, 0) is 6.18 Å². The minimum atomic E-state index is -4.63. The summed E-state index contributed by atoms with van der Waals surface area (Å²) in [6, 6.07) is 1.82. The van der Waals surface area contributed by atoms with Crippen LogP contribution in [0, 0.1) is 0 Å². The number of urea groups is 1. The molecule has 1 aromatic rings. The highest BCUT2D eigenvalue weighted by molar-refractivity contribution is 5.89. The quantitative estimate of drug-likeness (QED) is 0.662. The molecule has 0 bridgehead atoms. The Bertz CT molecular complexity index is 622. The number of hydrogen-bond acceptors (Lipinski definition) is 4. The largest absolute Gasteiger partial charge is 0.490 e. The number of amides is 2. The van der Waals surface area contributed by atoms with Gasteiger partial charge in [0.1, 0.15) is 5.75 Å². The number of alkyl halides is 3. The predicted octanol–water partition coefficient (Wildman–Crippen LogP) is 2.50. The second-order valence-corrected chi connectivity index (χ2v) is 6.27. The fourth-order valence-corrected chi connectivity index (χ4v) is 2.67. The molecule has 3 atom stereocenters. The molecule has 0 aromatic heterocycles. The second kappa shape index (κ2) is 7.49. The monoisotopic (exact) mass is 362 g/mol. The number of benzene rings is 1. The minimum absolute atomic E-state index is 0.0611. The third-order valence-corrected chi connectivity index (χ3v) is 3.73. The van der Waals surface area contributed by atoms with Crippen molar-refractivity contribution >= 4 is 11.7 Å². The third kappa shape index (κ3) is 5.23. The van der Waals surface area contributed by atoms with Gasteiger partial charge in [-0.1, -0.05) is 0 Å². The van der Waals surface area contributed by atoms with Gasteiger partial charge in [-0.2, -0.15) is 13.2 Å². The van der Waals surface area contributed by atoms with E-state index in [0.29, 0.717) is 0 Å². The molecule has 6 nitrogen and oxygen atoms in total. The van der Waals surface area contributed by atoms with Crippen LogP contribution in [0.15, 0.2) is 18.2 Å². The molecule has 9 heteroatoms. The van der Waals surface area contributed by atoms with E-state index in [0.717, 1.165) is 12.1 Å². The molecule has 2 amide bonds. The summed E-state index contributed by atoms with van der Waals surface area (Å²) in [6.07, 6.45) is -6.35. The molecular weight excluding hydrogens is 341 g/mol. The number of carbonyl (C=O) groups is 1. The van der Waals surface area contributed by atoms with Crippen LogP contribution >= 0.6 is 0 Å². The molecule has 4 N–H and O–H groups in total. The molecule has 0 spiro atoms. The van der Waals surface area contributed by atoms with Gasteiger partial charge in [-0.25, -0.2) is 4.79 Å². The van der Waals surface area contributed by atoms with Crippen LogP contribution < -0.4 is 15.4 Å². The van der Waals surface area contributed by atoms with E-state index in [9.17, 15) is 28.2 Å². The molecule has 0 heterocycles. The van der Waals surface area contributed by atoms with Gasteiger partial charge in [0.15, 0.2) is 0 Å². The van der Waals surface area contributed by atoms with Crippen LogP contribution in [-0.4, -0.2) is 40.6 Å². The second-order valence-electron chi connectivity index (χ2n) is 6.27. The molecule has 1 aliphatic carbocycles. The third-order valence-electron chi connectivity index (χ3n) is 3.73. The van der Waals surface area contributed by atoms with E-state index < -0.39 is 42.1 Å². The van der Waals surface area contributed by atoms with Crippen LogP contribution in [0.3, 0.4) is 0 Å². The molecule has 140 valence electrons. The lowest BCUT2D eigenvalue weighted by Crippen LogP contribution is -2.42. The number of aliphatic hydroxyl groups excluding tert-OH is 2. The van der Waals surface area contributed by atoms with E-state index in [1.54, 1.807) is 13.8 Å². The Morgan fingerprint density at radius 2 is 1.96 bits per heavy atom. The molecular formula is C16H21F3N2O4. The lowest BCUT2D eigenvalue weighted by atomic mass is 10.1. The molecule has 0 unspecified atom stereocenters. The maximum Gasteiger partial charge on any atom is 0.420 e. The summed E-state index contributed by atoms with van der Waals surface area (Å²) >= 11 is 0. The van der Waals surface area contributed by atoms with Crippen molar-refractivity contribution in [2.24, 2.45) is 0 Å². The van der Waals surface area contributed by atoms with E-state index in [-0.39, 0.29) is 24.3 Å². The lowest BCUT2D eigenvalue weighted by molar-refractivity contribution is -0.139. The van der Waals surface area contributed by atoms with Crippen LogP contribution in [0.1, 0.15) is 32.3 Å². The zero-order valence-electron chi connectivity index (χ0n) is 13.8. The maximum atomic E-state index is 13.2. The summed E-state index contributed by atoms with van der Waals surface area (Å²) in [6.45, 7) is 3.22. The van der Waals surface area contributed by atoms with Crippen LogP contribution in [0.4, 0.5) is 23.7 Å². The zero-order valence-corrected chi connectivity index (χ0v) is 13.8. The number of ether oxygens (including phenoxy) is 1. The Morgan fingerprint density at radius 1 is 1.28 bits per heavy atom. The van der Waals surface area contributed by atoms with E-state index >= 15 is 0 Å². The van der Waals surface area contributed by atoms with Crippen LogP contribution in [0.2, 0.25) is 0 Å². The van der Waals surface area contributed by atoms with Crippen LogP contribution in [0.5, 0.6) is 5.75 Å². The van der Waals surface area contributed by atoms with Crippen molar-refractivity contribution in [2.75, 3.05) is 5.32 Å². The van der Waals surface area contributed by atoms with Gasteiger partial charge in [-0.3, -0.25) is 0 Å². The Kier molecular flexibility index (Phi) is 5.79. The molecule has 25 heavy (non-hydrogen) atoms. The molecule has 1 saturated carbocycles. The predicted molar refractivity (Wildman–Crippen MR) is 84.4 cm³/mol. The highest BCUT2D eigenvalue weighted by Gasteiger charge is 2.35. The van der Waals surface area contributed by atoms with Crippen molar-refractivity contribution in [1.82, 2.24) is 5.32 Å². The summed E-state index contributed by atoms with van der Waals surface area (Å²) in [5.41, 5.74) is -1.05. The number of anilines is 1. The van der Waals surface area contributed by atoms with E-state index in [4.69, 9.17) is 4.74 Å². The van der Waals surface area contributed by atoms with Gasteiger partial charge in [0, 0.05) is 12.1 Å². The Balaban J connectivity index is 2.10. The average Bonchev–Trinajstić information content (AvgIpc) is 2.76. The first-order chi connectivity index (χ1) is 11.6. The number of aliphatic hydroxyl groups is 2. The molecule has 1 aliphatic rings. The van der Waals surface area contributed by atoms with E-state index in [2.05, 4.69) is 10.6 Å².